The molecule has 2 atom stereocenters. The number of pyridine rings is 2. The first-order valence-electron chi connectivity index (χ1n) is 17.3. The van der Waals surface area contributed by atoms with Crippen LogP contribution in [0.5, 0.6) is 0 Å². The van der Waals surface area contributed by atoms with Gasteiger partial charge in [-0.05, 0) is 94.0 Å². The molecule has 3 aromatic carbocycles. The molecule has 0 fully saturated rings. The average molecular weight is 631 g/mol. The molecule has 5 heterocycles. The molecule has 0 aliphatic carbocycles. The summed E-state index contributed by atoms with van der Waals surface area (Å²) in [6.45, 7) is 17.8. The van der Waals surface area contributed by atoms with E-state index < -0.39 is 0 Å². The molecule has 0 saturated heterocycles. The molecule has 4 heteroatoms. The van der Waals surface area contributed by atoms with Crippen LogP contribution >= 0.6 is 0 Å². The standard InChI is InChI=1S/C44H44N3O/c1-9-38-42-31(14-17-33-34-18-19-37(45-44(34)48-43(33)42)41-26(3)11-10-12-27(41)4)15-20-39-36(23-30(7)46(38)8)35-21-25(2)13-16-32(35)40-22-28(5)29(6)24-47(39)40/h9-14,16-19,21-22,24,36,39H,7,15,20,23H2,1-6,8H3/q+1/b38-9-. The van der Waals surface area contributed by atoms with Gasteiger partial charge in [0.05, 0.1) is 11.6 Å². The topological polar surface area (TPSA) is 33.1 Å². The van der Waals surface area contributed by atoms with Crippen molar-refractivity contribution in [2.75, 3.05) is 7.05 Å². The minimum Gasteiger partial charge on any atom is -0.437 e. The Balaban J connectivity index is 1.31. The summed E-state index contributed by atoms with van der Waals surface area (Å²) in [5, 5.41) is 2.15. The first-order valence-corrected chi connectivity index (χ1v) is 17.3. The number of aromatic nitrogens is 2. The van der Waals surface area contributed by atoms with E-state index in [1.165, 1.54) is 55.8 Å². The number of hydrogen-bond acceptors (Lipinski definition) is 3. The number of nitrogens with zero attached hydrogens (tertiary/aromatic N) is 3. The number of fused-ring (bicyclic) bond motifs is 11. The predicted octanol–water partition coefficient (Wildman–Crippen LogP) is 10.6. The van der Waals surface area contributed by atoms with Crippen molar-refractivity contribution in [2.24, 2.45) is 0 Å². The molecule has 0 N–H and O–H groups in total. The zero-order valence-corrected chi connectivity index (χ0v) is 29.2. The highest BCUT2D eigenvalue weighted by atomic mass is 16.3. The SMILES string of the molecule is C=C1CC2c3cc(C)ccc3-c3cc(C)c(C)c[n+]3C2CCc2ccc3c(oc4nc(-c5c(C)cccc5C)ccc43)c2/C(=C/C)N1C. The van der Waals surface area contributed by atoms with Crippen LogP contribution in [0.25, 0.3) is 50.3 Å². The summed E-state index contributed by atoms with van der Waals surface area (Å²) < 4.78 is 9.39. The normalized spacial score (nSPS) is 18.5. The van der Waals surface area contributed by atoms with Crippen LogP contribution in [0.15, 0.2) is 95.7 Å². The molecule has 2 aliphatic heterocycles. The van der Waals surface area contributed by atoms with Crippen LogP contribution in [0, 0.1) is 34.6 Å². The molecule has 2 aliphatic rings. The molecule has 2 unspecified atom stereocenters. The van der Waals surface area contributed by atoms with Gasteiger partial charge in [-0.1, -0.05) is 60.7 Å². The fraction of sp³-hybridized carbons (Fsp3) is 0.273. The summed E-state index contributed by atoms with van der Waals surface area (Å²) in [7, 11) is 2.17. The summed E-state index contributed by atoms with van der Waals surface area (Å²) >= 11 is 0. The third-order valence-electron chi connectivity index (χ3n) is 11.2. The number of furan rings is 1. The van der Waals surface area contributed by atoms with Crippen molar-refractivity contribution in [3.8, 4) is 22.5 Å². The second kappa shape index (κ2) is 11.3. The Kier molecular flexibility index (Phi) is 7.17. The van der Waals surface area contributed by atoms with Crippen molar-refractivity contribution in [1.29, 1.82) is 0 Å². The minimum atomic E-state index is 0.298. The summed E-state index contributed by atoms with van der Waals surface area (Å²) in [4.78, 5) is 7.42. The number of hydrogen-bond donors (Lipinski definition) is 0. The molecule has 4 nitrogen and oxygen atoms in total. The average Bonchev–Trinajstić information content (AvgIpc) is 3.43. The maximum Gasteiger partial charge on any atom is 0.227 e. The van der Waals surface area contributed by atoms with E-state index in [4.69, 9.17) is 16.0 Å². The van der Waals surface area contributed by atoms with Gasteiger partial charge in [0.2, 0.25) is 11.4 Å². The maximum absolute atomic E-state index is 6.81. The highest BCUT2D eigenvalue weighted by molar-refractivity contribution is 6.08. The molecule has 0 amide bonds. The number of allylic oxidation sites excluding steroid dienone is 2. The van der Waals surface area contributed by atoms with E-state index in [-0.39, 0.29) is 0 Å². The Morgan fingerprint density at radius 1 is 0.875 bits per heavy atom. The lowest BCUT2D eigenvalue weighted by Gasteiger charge is -2.36. The zero-order chi connectivity index (χ0) is 33.4. The summed E-state index contributed by atoms with van der Waals surface area (Å²) in [6, 6.07) is 25.0. The predicted molar refractivity (Wildman–Crippen MR) is 198 cm³/mol. The molecular formula is C44H44N3O+. The molecule has 0 bridgehead atoms. The van der Waals surface area contributed by atoms with Crippen molar-refractivity contribution in [1.82, 2.24) is 9.88 Å². The van der Waals surface area contributed by atoms with E-state index in [9.17, 15) is 0 Å². The lowest BCUT2D eigenvalue weighted by molar-refractivity contribution is -0.719. The third kappa shape index (κ3) is 4.64. The summed E-state index contributed by atoms with van der Waals surface area (Å²) in [6.07, 6.45) is 7.44. The number of aryl methyl sites for hydroxylation is 6. The molecule has 6 aromatic rings. The molecular weight excluding hydrogens is 587 g/mol. The van der Waals surface area contributed by atoms with Gasteiger partial charge in [-0.2, -0.15) is 4.57 Å². The van der Waals surface area contributed by atoms with Gasteiger partial charge in [-0.25, -0.2) is 4.98 Å². The van der Waals surface area contributed by atoms with Crippen LogP contribution in [0.4, 0.5) is 0 Å². The van der Waals surface area contributed by atoms with Gasteiger partial charge in [-0.15, -0.1) is 0 Å². The number of rotatable bonds is 1. The molecule has 0 saturated carbocycles. The Morgan fingerprint density at radius 2 is 1.65 bits per heavy atom. The lowest BCUT2D eigenvalue weighted by atomic mass is 9.76. The van der Waals surface area contributed by atoms with Crippen LogP contribution in [-0.2, 0) is 6.42 Å². The van der Waals surface area contributed by atoms with Crippen LogP contribution in [0.2, 0.25) is 0 Å². The third-order valence-corrected chi connectivity index (χ3v) is 11.2. The second-order valence-electron chi connectivity index (χ2n) is 14.1. The first-order chi connectivity index (χ1) is 23.1. The van der Waals surface area contributed by atoms with Crippen LogP contribution in [-0.4, -0.2) is 16.9 Å². The second-order valence-corrected chi connectivity index (χ2v) is 14.1. The number of benzene rings is 3. The fourth-order valence-corrected chi connectivity index (χ4v) is 8.45. The van der Waals surface area contributed by atoms with E-state index in [0.717, 1.165) is 58.3 Å². The van der Waals surface area contributed by atoms with E-state index in [1.54, 1.807) is 0 Å². The fourth-order valence-electron chi connectivity index (χ4n) is 8.45. The monoisotopic (exact) mass is 630 g/mol. The first kappa shape index (κ1) is 30.4. The van der Waals surface area contributed by atoms with E-state index in [1.807, 2.05) is 0 Å². The van der Waals surface area contributed by atoms with E-state index in [0.29, 0.717) is 17.7 Å². The van der Waals surface area contributed by atoms with Crippen molar-refractivity contribution in [3.05, 3.63) is 136 Å². The van der Waals surface area contributed by atoms with E-state index in [2.05, 4.69) is 137 Å². The van der Waals surface area contributed by atoms with Gasteiger partial charge in [0.15, 0.2) is 12.2 Å². The Labute approximate surface area is 284 Å². The van der Waals surface area contributed by atoms with Crippen molar-refractivity contribution >= 4 is 27.8 Å². The Hall–Kier alpha value is -4.96. The van der Waals surface area contributed by atoms with Crippen LogP contribution in [0.1, 0.15) is 76.2 Å². The van der Waals surface area contributed by atoms with Gasteiger partial charge in [-0.3, -0.25) is 0 Å². The van der Waals surface area contributed by atoms with Gasteiger partial charge in [0, 0.05) is 70.4 Å². The van der Waals surface area contributed by atoms with Gasteiger partial charge < -0.3 is 9.32 Å². The van der Waals surface area contributed by atoms with Gasteiger partial charge >= 0.3 is 0 Å². The highest BCUT2D eigenvalue weighted by Gasteiger charge is 2.41. The zero-order valence-electron chi connectivity index (χ0n) is 29.2. The maximum atomic E-state index is 6.81. The molecule has 240 valence electrons. The van der Waals surface area contributed by atoms with Gasteiger partial charge in [0.1, 0.15) is 5.58 Å². The largest absolute Gasteiger partial charge is 0.437 e. The van der Waals surface area contributed by atoms with Gasteiger partial charge in [0.25, 0.3) is 0 Å². The molecule has 0 radical (unpaired) electrons. The van der Waals surface area contributed by atoms with Crippen LogP contribution < -0.4 is 4.57 Å². The smallest absolute Gasteiger partial charge is 0.227 e. The Bertz CT molecular complexity index is 2320. The van der Waals surface area contributed by atoms with Crippen LogP contribution in [0.3, 0.4) is 0 Å². The molecule has 48 heavy (non-hydrogen) atoms. The Morgan fingerprint density at radius 3 is 2.42 bits per heavy atom. The molecule has 8 rings (SSSR count). The quantitative estimate of drug-likeness (QED) is 0.170. The molecule has 0 spiro atoms. The highest BCUT2D eigenvalue weighted by Crippen LogP contribution is 2.47. The summed E-state index contributed by atoms with van der Waals surface area (Å²) in [5.41, 5.74) is 18.9. The van der Waals surface area contributed by atoms with E-state index >= 15 is 0 Å². The summed E-state index contributed by atoms with van der Waals surface area (Å²) in [5.74, 6) is 0.316. The molecule has 3 aromatic heterocycles. The van der Waals surface area contributed by atoms with Crippen molar-refractivity contribution < 1.29 is 8.98 Å². The van der Waals surface area contributed by atoms with Crippen molar-refractivity contribution in [3.63, 3.8) is 0 Å². The lowest BCUT2D eigenvalue weighted by Crippen LogP contribution is -2.48. The van der Waals surface area contributed by atoms with Crippen molar-refractivity contribution in [2.45, 2.75) is 72.8 Å². The minimum absolute atomic E-state index is 0.298.